The third-order valence-electron chi connectivity index (χ3n) is 2.79. The molecule has 0 fully saturated rings. The van der Waals surface area contributed by atoms with Crippen molar-refractivity contribution in [1.82, 2.24) is 0 Å². The van der Waals surface area contributed by atoms with Gasteiger partial charge in [0.1, 0.15) is 16.9 Å². The molecule has 0 radical (unpaired) electrons. The van der Waals surface area contributed by atoms with Crippen LogP contribution in [-0.4, -0.2) is 31.3 Å². The summed E-state index contributed by atoms with van der Waals surface area (Å²) in [6.07, 6.45) is 0. The molecule has 1 aromatic rings. The summed E-state index contributed by atoms with van der Waals surface area (Å²) < 4.78 is 9.20. The van der Waals surface area contributed by atoms with Gasteiger partial charge in [-0.1, -0.05) is 20.8 Å². The zero-order valence-electron chi connectivity index (χ0n) is 11.7. The summed E-state index contributed by atoms with van der Waals surface area (Å²) in [5.41, 5.74) is 0.343. The summed E-state index contributed by atoms with van der Waals surface area (Å²) >= 11 is 0. The van der Waals surface area contributed by atoms with Crippen LogP contribution in [0.4, 0.5) is 0 Å². The first-order chi connectivity index (χ1) is 8.72. The van der Waals surface area contributed by atoms with Crippen LogP contribution in [0, 0.1) is 0 Å². The van der Waals surface area contributed by atoms with Crippen molar-refractivity contribution in [2.24, 2.45) is 0 Å². The molecule has 5 nitrogen and oxygen atoms in total. The van der Waals surface area contributed by atoms with Gasteiger partial charge in [-0.2, -0.15) is 0 Å². The summed E-state index contributed by atoms with van der Waals surface area (Å²) in [7, 11) is 2.42. The van der Waals surface area contributed by atoms with E-state index >= 15 is 0 Å². The summed E-state index contributed by atoms with van der Waals surface area (Å²) in [5, 5.41) is 9.98. The molecule has 0 bridgehead atoms. The third-order valence-corrected chi connectivity index (χ3v) is 2.79. The van der Waals surface area contributed by atoms with Crippen LogP contribution in [-0.2, 0) is 14.9 Å². The molecule has 104 valence electrons. The number of hydrogen-bond acceptors (Lipinski definition) is 5. The maximum atomic E-state index is 11.6. The van der Waals surface area contributed by atoms with Crippen LogP contribution in [0.15, 0.2) is 12.1 Å². The van der Waals surface area contributed by atoms with Crippen LogP contribution in [0.5, 0.6) is 5.75 Å². The first-order valence-corrected chi connectivity index (χ1v) is 5.76. The van der Waals surface area contributed by atoms with Gasteiger partial charge >= 0.3 is 11.9 Å². The van der Waals surface area contributed by atoms with Crippen LogP contribution >= 0.6 is 0 Å². The third kappa shape index (κ3) is 3.05. The number of carbonyl (C=O) groups excluding carboxylic acids is 2. The van der Waals surface area contributed by atoms with Crippen molar-refractivity contribution in [3.63, 3.8) is 0 Å². The first-order valence-electron chi connectivity index (χ1n) is 5.76. The minimum atomic E-state index is -0.700. The van der Waals surface area contributed by atoms with E-state index in [0.29, 0.717) is 0 Å². The van der Waals surface area contributed by atoms with Gasteiger partial charge < -0.3 is 14.6 Å². The molecule has 0 aromatic heterocycles. The van der Waals surface area contributed by atoms with E-state index in [1.807, 2.05) is 20.8 Å². The molecule has 1 N–H and O–H groups in total. The zero-order valence-corrected chi connectivity index (χ0v) is 11.7. The molecule has 0 atom stereocenters. The summed E-state index contributed by atoms with van der Waals surface area (Å²) in [6.45, 7) is 5.80. The maximum Gasteiger partial charge on any atom is 0.341 e. The molecule has 0 aliphatic carbocycles. The average molecular weight is 266 g/mol. The van der Waals surface area contributed by atoms with Crippen molar-refractivity contribution in [1.29, 1.82) is 0 Å². The number of benzene rings is 1. The van der Waals surface area contributed by atoms with E-state index in [9.17, 15) is 14.7 Å². The van der Waals surface area contributed by atoms with Gasteiger partial charge in [0.2, 0.25) is 0 Å². The van der Waals surface area contributed by atoms with Crippen LogP contribution < -0.4 is 0 Å². The van der Waals surface area contributed by atoms with E-state index in [4.69, 9.17) is 0 Å². The fourth-order valence-corrected chi connectivity index (χ4v) is 1.60. The second kappa shape index (κ2) is 5.30. The van der Waals surface area contributed by atoms with Crippen molar-refractivity contribution < 1.29 is 24.2 Å². The van der Waals surface area contributed by atoms with Crippen LogP contribution in [0.25, 0.3) is 0 Å². The number of phenolic OH excluding ortho intramolecular Hbond substituents is 1. The highest BCUT2D eigenvalue weighted by atomic mass is 16.5. The molecule has 5 heteroatoms. The number of rotatable bonds is 2. The van der Waals surface area contributed by atoms with Gasteiger partial charge in [-0.15, -0.1) is 0 Å². The molecule has 0 saturated heterocycles. The van der Waals surface area contributed by atoms with E-state index in [1.54, 1.807) is 0 Å². The van der Waals surface area contributed by atoms with Gasteiger partial charge in [-0.3, -0.25) is 0 Å². The van der Waals surface area contributed by atoms with E-state index in [0.717, 1.165) is 5.56 Å². The lowest BCUT2D eigenvalue weighted by molar-refractivity contribution is 0.0592. The second-order valence-corrected chi connectivity index (χ2v) is 5.15. The first kappa shape index (κ1) is 15.0. The number of methoxy groups -OCH3 is 2. The van der Waals surface area contributed by atoms with E-state index in [1.165, 1.54) is 26.4 Å². The van der Waals surface area contributed by atoms with Crippen molar-refractivity contribution in [2.45, 2.75) is 26.2 Å². The Kier molecular flexibility index (Phi) is 4.19. The predicted octanol–water partition coefficient (Wildman–Crippen LogP) is 2.26. The molecule has 0 unspecified atom stereocenters. The minimum absolute atomic E-state index is 0.0460. The van der Waals surface area contributed by atoms with Crippen molar-refractivity contribution in [3.05, 3.63) is 28.8 Å². The Morgan fingerprint density at radius 3 is 1.63 bits per heavy atom. The fourth-order valence-electron chi connectivity index (χ4n) is 1.60. The number of hydrogen-bond donors (Lipinski definition) is 1. The molecule has 1 aromatic carbocycles. The van der Waals surface area contributed by atoms with Gasteiger partial charge in [0.05, 0.1) is 14.2 Å². The molecule has 0 heterocycles. The largest absolute Gasteiger partial charge is 0.506 e. The number of carbonyl (C=O) groups is 2. The van der Waals surface area contributed by atoms with Gasteiger partial charge in [0.25, 0.3) is 0 Å². The summed E-state index contributed by atoms with van der Waals surface area (Å²) in [6, 6.07) is 3.04. The maximum absolute atomic E-state index is 11.6. The van der Waals surface area contributed by atoms with Crippen LogP contribution in [0.2, 0.25) is 0 Å². The van der Waals surface area contributed by atoms with Crippen LogP contribution in [0.3, 0.4) is 0 Å². The van der Waals surface area contributed by atoms with Crippen molar-refractivity contribution >= 4 is 11.9 Å². The standard InChI is InChI=1S/C14H18O5/c1-14(2,3)8-6-9(12(16)18-4)11(15)10(7-8)13(17)19-5/h6-7,15H,1-5H3. The molecule has 0 saturated carbocycles. The zero-order chi connectivity index (χ0) is 14.8. The SMILES string of the molecule is COC(=O)c1cc(C(C)(C)C)cc(C(=O)OC)c1O. The Balaban J connectivity index is 3.56. The van der Waals surface area contributed by atoms with Gasteiger partial charge in [-0.25, -0.2) is 9.59 Å². The highest BCUT2D eigenvalue weighted by Gasteiger charge is 2.25. The van der Waals surface area contributed by atoms with Gasteiger partial charge in [-0.05, 0) is 23.1 Å². The van der Waals surface area contributed by atoms with E-state index < -0.39 is 17.7 Å². The number of phenols is 1. The number of aromatic hydroxyl groups is 1. The molecular weight excluding hydrogens is 248 g/mol. The smallest absolute Gasteiger partial charge is 0.341 e. The Labute approximate surface area is 112 Å². The average Bonchev–Trinajstić information content (AvgIpc) is 2.35. The highest BCUT2D eigenvalue weighted by molar-refractivity contribution is 6.00. The van der Waals surface area contributed by atoms with Gasteiger partial charge in [0, 0.05) is 0 Å². The summed E-state index contributed by atoms with van der Waals surface area (Å²) in [5.74, 6) is -1.82. The molecule has 0 amide bonds. The highest BCUT2D eigenvalue weighted by Crippen LogP contribution is 2.31. The molecule has 0 aliphatic rings. The second-order valence-electron chi connectivity index (χ2n) is 5.15. The van der Waals surface area contributed by atoms with Crippen LogP contribution in [0.1, 0.15) is 47.1 Å². The normalized spacial score (nSPS) is 11.0. The lowest BCUT2D eigenvalue weighted by Gasteiger charge is -2.21. The quantitative estimate of drug-likeness (QED) is 0.831. The number of ether oxygens (including phenoxy) is 2. The molecule has 0 aliphatic heterocycles. The molecule has 0 spiro atoms. The van der Waals surface area contributed by atoms with Gasteiger partial charge in [0.15, 0.2) is 0 Å². The molecule has 19 heavy (non-hydrogen) atoms. The fraction of sp³-hybridized carbons (Fsp3) is 0.429. The predicted molar refractivity (Wildman–Crippen MR) is 69.5 cm³/mol. The topological polar surface area (TPSA) is 72.8 Å². The Hall–Kier alpha value is -2.04. The molecule has 1 rings (SSSR count). The van der Waals surface area contributed by atoms with Crippen molar-refractivity contribution in [3.8, 4) is 5.75 Å². The summed E-state index contributed by atoms with van der Waals surface area (Å²) in [4.78, 5) is 23.3. The number of esters is 2. The minimum Gasteiger partial charge on any atom is -0.506 e. The monoisotopic (exact) mass is 266 g/mol. The van der Waals surface area contributed by atoms with Crippen molar-refractivity contribution in [2.75, 3.05) is 14.2 Å². The lowest BCUT2D eigenvalue weighted by atomic mass is 9.84. The Morgan fingerprint density at radius 2 is 1.37 bits per heavy atom. The molecular formula is C14H18O5. The Bertz CT molecular complexity index is 474. The Morgan fingerprint density at radius 1 is 1.00 bits per heavy atom. The van der Waals surface area contributed by atoms with E-state index in [2.05, 4.69) is 9.47 Å². The van der Waals surface area contributed by atoms with E-state index in [-0.39, 0.29) is 16.5 Å². The lowest BCUT2D eigenvalue weighted by Crippen LogP contribution is -2.16.